The Morgan fingerprint density at radius 2 is 2.44 bits per heavy atom. The second kappa shape index (κ2) is 7.24. The van der Waals surface area contributed by atoms with Crippen molar-refractivity contribution in [1.82, 2.24) is 10.2 Å². The number of rotatable bonds is 6. The Labute approximate surface area is 100 Å². The molecule has 0 aromatic carbocycles. The highest BCUT2D eigenvalue weighted by molar-refractivity contribution is 7.07. The van der Waals surface area contributed by atoms with Crippen LogP contribution in [0.4, 0.5) is 4.79 Å². The van der Waals surface area contributed by atoms with Crippen molar-refractivity contribution in [1.29, 1.82) is 0 Å². The molecule has 0 atom stereocenters. The first-order chi connectivity index (χ1) is 7.77. The molecule has 2 amide bonds. The first-order valence-electron chi connectivity index (χ1n) is 5.30. The zero-order valence-electron chi connectivity index (χ0n) is 9.73. The van der Waals surface area contributed by atoms with Crippen LogP contribution in [-0.4, -0.2) is 37.7 Å². The summed E-state index contributed by atoms with van der Waals surface area (Å²) in [6, 6.07) is 2.00. The normalized spacial score (nSPS) is 10.1. The van der Waals surface area contributed by atoms with Crippen LogP contribution in [0.25, 0.3) is 0 Å². The SMILES string of the molecule is CCNC(=O)N(CCOC)Cc1ccsc1. The minimum absolute atomic E-state index is 0.0363. The molecule has 0 aliphatic heterocycles. The lowest BCUT2D eigenvalue weighted by molar-refractivity contribution is 0.147. The molecule has 1 heterocycles. The van der Waals surface area contributed by atoms with E-state index in [4.69, 9.17) is 4.74 Å². The quantitative estimate of drug-likeness (QED) is 0.828. The number of nitrogens with one attached hydrogen (secondary N) is 1. The van der Waals surface area contributed by atoms with E-state index in [0.717, 1.165) is 5.56 Å². The van der Waals surface area contributed by atoms with Crippen LogP contribution in [0, 0.1) is 0 Å². The lowest BCUT2D eigenvalue weighted by Crippen LogP contribution is -2.41. The van der Waals surface area contributed by atoms with E-state index in [2.05, 4.69) is 10.7 Å². The van der Waals surface area contributed by atoms with Crippen molar-refractivity contribution >= 4 is 17.4 Å². The smallest absolute Gasteiger partial charge is 0.317 e. The van der Waals surface area contributed by atoms with E-state index in [1.165, 1.54) is 0 Å². The summed E-state index contributed by atoms with van der Waals surface area (Å²) in [6.45, 7) is 4.36. The summed E-state index contributed by atoms with van der Waals surface area (Å²) in [5.41, 5.74) is 1.16. The second-order valence-corrected chi connectivity index (χ2v) is 4.16. The highest BCUT2D eigenvalue weighted by Crippen LogP contribution is 2.09. The molecule has 0 saturated heterocycles. The Balaban J connectivity index is 2.52. The van der Waals surface area contributed by atoms with Gasteiger partial charge in [0.2, 0.25) is 0 Å². The zero-order chi connectivity index (χ0) is 11.8. The fourth-order valence-corrected chi connectivity index (χ4v) is 1.98. The number of thiophene rings is 1. The van der Waals surface area contributed by atoms with Gasteiger partial charge in [0.05, 0.1) is 6.61 Å². The number of ether oxygens (including phenoxy) is 1. The summed E-state index contributed by atoms with van der Waals surface area (Å²) in [7, 11) is 1.64. The molecule has 1 aromatic heterocycles. The van der Waals surface area contributed by atoms with Crippen molar-refractivity contribution in [3.8, 4) is 0 Å². The van der Waals surface area contributed by atoms with Gasteiger partial charge in [-0.15, -0.1) is 0 Å². The molecule has 0 fully saturated rings. The van der Waals surface area contributed by atoms with E-state index in [0.29, 0.717) is 26.2 Å². The van der Waals surface area contributed by atoms with Crippen LogP contribution in [-0.2, 0) is 11.3 Å². The number of nitrogens with zero attached hydrogens (tertiary/aromatic N) is 1. The van der Waals surface area contributed by atoms with E-state index >= 15 is 0 Å². The molecular weight excluding hydrogens is 224 g/mol. The largest absolute Gasteiger partial charge is 0.383 e. The first kappa shape index (κ1) is 13.0. The van der Waals surface area contributed by atoms with Gasteiger partial charge in [0.15, 0.2) is 0 Å². The molecule has 1 rings (SSSR count). The standard InChI is InChI=1S/C11H18N2O2S/c1-3-12-11(14)13(5-6-15-2)8-10-4-7-16-9-10/h4,7,9H,3,5-6,8H2,1-2H3,(H,12,14). The van der Waals surface area contributed by atoms with E-state index < -0.39 is 0 Å². The summed E-state index contributed by atoms with van der Waals surface area (Å²) < 4.78 is 5.00. The van der Waals surface area contributed by atoms with Crippen molar-refractivity contribution in [3.05, 3.63) is 22.4 Å². The molecule has 0 unspecified atom stereocenters. The van der Waals surface area contributed by atoms with Crippen LogP contribution < -0.4 is 5.32 Å². The van der Waals surface area contributed by atoms with E-state index in [1.54, 1.807) is 23.3 Å². The van der Waals surface area contributed by atoms with Crippen molar-refractivity contribution < 1.29 is 9.53 Å². The lowest BCUT2D eigenvalue weighted by atomic mass is 10.3. The number of urea groups is 1. The number of carbonyl (C=O) groups excluding carboxylic acids is 1. The Bertz CT molecular complexity index is 301. The number of methoxy groups -OCH3 is 1. The van der Waals surface area contributed by atoms with Crippen LogP contribution in [0.5, 0.6) is 0 Å². The van der Waals surface area contributed by atoms with E-state index in [9.17, 15) is 4.79 Å². The molecule has 0 aliphatic carbocycles. The molecule has 1 aromatic rings. The third-order valence-corrected chi connectivity index (χ3v) is 2.87. The summed E-state index contributed by atoms with van der Waals surface area (Å²) >= 11 is 1.64. The third kappa shape index (κ3) is 4.20. The number of hydrogen-bond acceptors (Lipinski definition) is 3. The number of carbonyl (C=O) groups is 1. The summed E-state index contributed by atoms with van der Waals surface area (Å²) in [6.07, 6.45) is 0. The van der Waals surface area contributed by atoms with Crippen LogP contribution in [0.1, 0.15) is 12.5 Å². The maximum Gasteiger partial charge on any atom is 0.317 e. The Morgan fingerprint density at radius 1 is 1.62 bits per heavy atom. The predicted octanol–water partition coefficient (Wildman–Crippen LogP) is 1.93. The van der Waals surface area contributed by atoms with Gasteiger partial charge in [0, 0.05) is 26.7 Å². The topological polar surface area (TPSA) is 41.6 Å². The molecular formula is C11H18N2O2S. The molecule has 0 saturated carbocycles. The minimum atomic E-state index is -0.0363. The van der Waals surface area contributed by atoms with Gasteiger partial charge in [-0.1, -0.05) is 0 Å². The molecule has 16 heavy (non-hydrogen) atoms. The number of hydrogen-bond donors (Lipinski definition) is 1. The lowest BCUT2D eigenvalue weighted by Gasteiger charge is -2.22. The maximum atomic E-state index is 11.7. The number of amides is 2. The zero-order valence-corrected chi connectivity index (χ0v) is 10.5. The summed E-state index contributed by atoms with van der Waals surface area (Å²) in [5, 5.41) is 6.87. The fourth-order valence-electron chi connectivity index (χ4n) is 1.32. The van der Waals surface area contributed by atoms with Crippen molar-refractivity contribution in [3.63, 3.8) is 0 Å². The van der Waals surface area contributed by atoms with Crippen LogP contribution >= 0.6 is 11.3 Å². The molecule has 0 bridgehead atoms. The second-order valence-electron chi connectivity index (χ2n) is 3.38. The van der Waals surface area contributed by atoms with E-state index in [1.807, 2.05) is 18.4 Å². The van der Waals surface area contributed by atoms with Gasteiger partial charge in [-0.05, 0) is 29.3 Å². The van der Waals surface area contributed by atoms with Gasteiger partial charge < -0.3 is 15.0 Å². The average Bonchev–Trinajstić information content (AvgIpc) is 2.77. The van der Waals surface area contributed by atoms with Gasteiger partial charge in [-0.3, -0.25) is 0 Å². The average molecular weight is 242 g/mol. The minimum Gasteiger partial charge on any atom is -0.383 e. The van der Waals surface area contributed by atoms with Gasteiger partial charge in [-0.25, -0.2) is 4.79 Å². The highest BCUT2D eigenvalue weighted by atomic mass is 32.1. The van der Waals surface area contributed by atoms with Gasteiger partial charge in [0.1, 0.15) is 0 Å². The van der Waals surface area contributed by atoms with Crippen molar-refractivity contribution in [2.24, 2.45) is 0 Å². The fraction of sp³-hybridized carbons (Fsp3) is 0.545. The molecule has 0 aliphatic rings. The highest BCUT2D eigenvalue weighted by Gasteiger charge is 2.12. The molecule has 0 radical (unpaired) electrons. The molecule has 4 nitrogen and oxygen atoms in total. The third-order valence-electron chi connectivity index (χ3n) is 2.13. The maximum absolute atomic E-state index is 11.7. The van der Waals surface area contributed by atoms with Gasteiger partial charge >= 0.3 is 6.03 Å². The monoisotopic (exact) mass is 242 g/mol. The first-order valence-corrected chi connectivity index (χ1v) is 6.25. The van der Waals surface area contributed by atoms with E-state index in [-0.39, 0.29) is 6.03 Å². The van der Waals surface area contributed by atoms with Gasteiger partial charge in [-0.2, -0.15) is 11.3 Å². The molecule has 5 heteroatoms. The molecule has 0 spiro atoms. The van der Waals surface area contributed by atoms with Crippen molar-refractivity contribution in [2.45, 2.75) is 13.5 Å². The summed E-state index contributed by atoms with van der Waals surface area (Å²) in [5.74, 6) is 0. The van der Waals surface area contributed by atoms with Crippen LogP contribution in [0.3, 0.4) is 0 Å². The molecule has 90 valence electrons. The van der Waals surface area contributed by atoms with Crippen LogP contribution in [0.2, 0.25) is 0 Å². The summed E-state index contributed by atoms with van der Waals surface area (Å²) in [4.78, 5) is 13.5. The Kier molecular flexibility index (Phi) is 5.88. The van der Waals surface area contributed by atoms with Gasteiger partial charge in [0.25, 0.3) is 0 Å². The van der Waals surface area contributed by atoms with Crippen LogP contribution in [0.15, 0.2) is 16.8 Å². The predicted molar refractivity (Wildman–Crippen MR) is 65.7 cm³/mol. The van der Waals surface area contributed by atoms with Crippen molar-refractivity contribution in [2.75, 3.05) is 26.8 Å². The Hall–Kier alpha value is -1.07. The molecule has 1 N–H and O–H groups in total. The Morgan fingerprint density at radius 3 is 3.00 bits per heavy atom.